The highest BCUT2D eigenvalue weighted by Crippen LogP contribution is 2.39. The summed E-state index contributed by atoms with van der Waals surface area (Å²) in [7, 11) is 0. The van der Waals surface area contributed by atoms with E-state index in [2.05, 4.69) is 24.3 Å². The van der Waals surface area contributed by atoms with Crippen LogP contribution in [0.2, 0.25) is 0 Å². The third kappa shape index (κ3) is 1.56. The topological polar surface area (TPSA) is 55.5 Å². The lowest BCUT2D eigenvalue weighted by Crippen LogP contribution is -2.57. The van der Waals surface area contributed by atoms with Gasteiger partial charge in [0.15, 0.2) is 0 Å². The molecule has 3 nitrogen and oxygen atoms in total. The average Bonchev–Trinajstić information content (AvgIpc) is 2.37. The molecule has 3 rings (SSSR count). The Kier molecular flexibility index (Phi) is 2.82. The van der Waals surface area contributed by atoms with Crippen LogP contribution in [-0.2, 0) is 10.2 Å². The van der Waals surface area contributed by atoms with Gasteiger partial charge in [0.05, 0.1) is 24.7 Å². The van der Waals surface area contributed by atoms with Crippen molar-refractivity contribution in [2.24, 2.45) is 5.73 Å². The van der Waals surface area contributed by atoms with E-state index in [1.54, 1.807) is 0 Å². The number of nitrogens with two attached hydrogens (primary N) is 1. The van der Waals surface area contributed by atoms with Gasteiger partial charge in [0.1, 0.15) is 0 Å². The largest absolute Gasteiger partial charge is 0.391 e. The van der Waals surface area contributed by atoms with Crippen LogP contribution in [0.5, 0.6) is 0 Å². The molecule has 0 spiro atoms. The summed E-state index contributed by atoms with van der Waals surface area (Å²) >= 11 is 0. The molecule has 0 aliphatic carbocycles. The third-order valence-electron chi connectivity index (χ3n) is 3.91. The Bertz CT molecular complexity index is 558. The Morgan fingerprint density at radius 1 is 1.17 bits per heavy atom. The minimum atomic E-state index is -0.558. The Hall–Kier alpha value is -1.42. The zero-order valence-electron chi connectivity index (χ0n) is 10.2. The number of hydrogen-bond donors (Lipinski definition) is 2. The molecule has 18 heavy (non-hydrogen) atoms. The lowest BCUT2D eigenvalue weighted by atomic mass is 9.72. The van der Waals surface area contributed by atoms with Crippen LogP contribution in [-0.4, -0.2) is 31.0 Å². The molecule has 1 fully saturated rings. The second kappa shape index (κ2) is 4.35. The van der Waals surface area contributed by atoms with E-state index in [1.165, 1.54) is 10.8 Å². The molecule has 3 N–H and O–H groups in total. The smallest absolute Gasteiger partial charge is 0.0803 e. The average molecular weight is 243 g/mol. The first-order chi connectivity index (χ1) is 8.78. The van der Waals surface area contributed by atoms with Crippen LogP contribution in [0.1, 0.15) is 5.56 Å². The van der Waals surface area contributed by atoms with Crippen molar-refractivity contribution in [3.63, 3.8) is 0 Å². The van der Waals surface area contributed by atoms with Crippen LogP contribution in [0.15, 0.2) is 42.5 Å². The molecule has 2 aromatic rings. The van der Waals surface area contributed by atoms with Gasteiger partial charge in [0, 0.05) is 6.54 Å². The van der Waals surface area contributed by atoms with Gasteiger partial charge in [-0.3, -0.25) is 0 Å². The maximum atomic E-state index is 10.2. The molecule has 1 heterocycles. The van der Waals surface area contributed by atoms with Crippen molar-refractivity contribution in [2.45, 2.75) is 11.5 Å². The molecule has 1 aliphatic rings. The van der Waals surface area contributed by atoms with Crippen LogP contribution >= 0.6 is 0 Å². The van der Waals surface area contributed by atoms with Crippen LogP contribution in [0.3, 0.4) is 0 Å². The minimum Gasteiger partial charge on any atom is -0.391 e. The lowest BCUT2D eigenvalue weighted by molar-refractivity contribution is -0.116. The Labute approximate surface area is 106 Å². The Morgan fingerprint density at radius 3 is 2.56 bits per heavy atom. The quantitative estimate of drug-likeness (QED) is 0.857. The molecule has 2 aromatic carbocycles. The fourth-order valence-electron chi connectivity index (χ4n) is 2.73. The van der Waals surface area contributed by atoms with E-state index in [0.29, 0.717) is 13.2 Å². The Morgan fingerprint density at radius 2 is 1.89 bits per heavy atom. The van der Waals surface area contributed by atoms with E-state index < -0.39 is 6.10 Å². The van der Waals surface area contributed by atoms with Gasteiger partial charge in [-0.25, -0.2) is 0 Å². The molecule has 3 heteroatoms. The number of hydrogen-bond acceptors (Lipinski definition) is 3. The highest BCUT2D eigenvalue weighted by molar-refractivity contribution is 5.87. The zero-order chi connectivity index (χ0) is 12.6. The van der Waals surface area contributed by atoms with Crippen LogP contribution < -0.4 is 5.73 Å². The van der Waals surface area contributed by atoms with Crippen LogP contribution in [0.4, 0.5) is 0 Å². The van der Waals surface area contributed by atoms with Gasteiger partial charge in [-0.2, -0.15) is 0 Å². The summed E-state index contributed by atoms with van der Waals surface area (Å²) < 4.78 is 5.35. The van der Waals surface area contributed by atoms with Crippen LogP contribution in [0, 0.1) is 0 Å². The fraction of sp³-hybridized carbons (Fsp3) is 0.333. The van der Waals surface area contributed by atoms with Crippen molar-refractivity contribution in [2.75, 3.05) is 19.8 Å². The van der Waals surface area contributed by atoms with Crippen molar-refractivity contribution in [1.29, 1.82) is 0 Å². The zero-order valence-corrected chi connectivity index (χ0v) is 10.2. The molecule has 1 saturated heterocycles. The van der Waals surface area contributed by atoms with Crippen molar-refractivity contribution >= 4 is 10.8 Å². The van der Waals surface area contributed by atoms with Crippen molar-refractivity contribution < 1.29 is 9.84 Å². The predicted molar refractivity (Wildman–Crippen MR) is 71.5 cm³/mol. The molecular formula is C15H17NO2. The second-order valence-electron chi connectivity index (χ2n) is 4.93. The normalized spacial score (nSPS) is 19.4. The summed E-state index contributed by atoms with van der Waals surface area (Å²) in [5.41, 5.74) is 6.45. The van der Waals surface area contributed by atoms with E-state index >= 15 is 0 Å². The van der Waals surface area contributed by atoms with Gasteiger partial charge in [0.25, 0.3) is 0 Å². The summed E-state index contributed by atoms with van der Waals surface area (Å²) in [6, 6.07) is 14.4. The SMILES string of the molecule is NCC(O)C1(c2cccc3ccccc23)COC1. The molecule has 0 bridgehead atoms. The molecule has 0 aromatic heterocycles. The number of benzene rings is 2. The highest BCUT2D eigenvalue weighted by Gasteiger charge is 2.46. The molecule has 0 amide bonds. The monoisotopic (exact) mass is 243 g/mol. The third-order valence-corrected chi connectivity index (χ3v) is 3.91. The van der Waals surface area contributed by atoms with E-state index in [1.807, 2.05) is 18.2 Å². The number of ether oxygens (including phenoxy) is 1. The lowest BCUT2D eigenvalue weighted by Gasteiger charge is -2.45. The van der Waals surface area contributed by atoms with Crippen molar-refractivity contribution in [1.82, 2.24) is 0 Å². The molecule has 1 aliphatic heterocycles. The highest BCUT2D eigenvalue weighted by atomic mass is 16.5. The van der Waals surface area contributed by atoms with Gasteiger partial charge in [0.2, 0.25) is 0 Å². The number of aliphatic hydroxyl groups excluding tert-OH is 1. The number of aliphatic hydroxyl groups is 1. The number of fused-ring (bicyclic) bond motifs is 1. The van der Waals surface area contributed by atoms with Crippen molar-refractivity contribution in [3.05, 3.63) is 48.0 Å². The van der Waals surface area contributed by atoms with E-state index in [4.69, 9.17) is 10.5 Å². The van der Waals surface area contributed by atoms with Gasteiger partial charge >= 0.3 is 0 Å². The molecular weight excluding hydrogens is 226 g/mol. The Balaban J connectivity index is 2.19. The first kappa shape index (κ1) is 11.7. The first-order valence-corrected chi connectivity index (χ1v) is 6.22. The molecule has 0 saturated carbocycles. The summed E-state index contributed by atoms with van der Waals surface area (Å²) in [6.07, 6.45) is -0.558. The number of rotatable bonds is 3. The first-order valence-electron chi connectivity index (χ1n) is 6.22. The maximum absolute atomic E-state index is 10.2. The molecule has 1 unspecified atom stereocenters. The molecule has 94 valence electrons. The summed E-state index contributed by atoms with van der Waals surface area (Å²) in [5.74, 6) is 0. The molecule has 1 atom stereocenters. The van der Waals surface area contributed by atoms with E-state index in [0.717, 1.165) is 5.56 Å². The van der Waals surface area contributed by atoms with Gasteiger partial charge in [-0.05, 0) is 16.3 Å². The fourth-order valence-corrected chi connectivity index (χ4v) is 2.73. The van der Waals surface area contributed by atoms with Gasteiger partial charge in [-0.15, -0.1) is 0 Å². The van der Waals surface area contributed by atoms with Gasteiger partial charge < -0.3 is 15.6 Å². The second-order valence-corrected chi connectivity index (χ2v) is 4.93. The van der Waals surface area contributed by atoms with Crippen LogP contribution in [0.25, 0.3) is 10.8 Å². The summed E-state index contributed by atoms with van der Waals surface area (Å²) in [4.78, 5) is 0. The van der Waals surface area contributed by atoms with E-state index in [9.17, 15) is 5.11 Å². The molecule has 0 radical (unpaired) electrons. The predicted octanol–water partition coefficient (Wildman–Crippen LogP) is 1.43. The van der Waals surface area contributed by atoms with Gasteiger partial charge in [-0.1, -0.05) is 42.5 Å². The van der Waals surface area contributed by atoms with Crippen molar-refractivity contribution in [3.8, 4) is 0 Å². The standard InChI is InChI=1S/C15H17NO2/c16-8-14(17)15(9-18-10-15)13-7-3-5-11-4-1-2-6-12(11)13/h1-7,14,17H,8-10,16H2. The maximum Gasteiger partial charge on any atom is 0.0803 e. The minimum absolute atomic E-state index is 0.257. The summed E-state index contributed by atoms with van der Waals surface area (Å²) in [6.45, 7) is 1.34. The summed E-state index contributed by atoms with van der Waals surface area (Å²) in [5, 5.41) is 12.6. The van der Waals surface area contributed by atoms with E-state index in [-0.39, 0.29) is 12.0 Å².